The third-order valence-electron chi connectivity index (χ3n) is 6.47. The molecule has 1 saturated heterocycles. The zero-order valence-electron chi connectivity index (χ0n) is 21.9. The minimum Gasteiger partial charge on any atom is -0.349 e. The predicted octanol–water partition coefficient (Wildman–Crippen LogP) is 5.72. The van der Waals surface area contributed by atoms with Crippen LogP contribution in [0.4, 0.5) is 30.7 Å². The van der Waals surface area contributed by atoms with Gasteiger partial charge in [-0.05, 0) is 62.5 Å². The molecule has 0 bridgehead atoms. The molecule has 0 amide bonds. The van der Waals surface area contributed by atoms with Crippen LogP contribution in [0.5, 0.6) is 0 Å². The van der Waals surface area contributed by atoms with Crippen LogP contribution in [0.15, 0.2) is 42.5 Å². The highest BCUT2D eigenvalue weighted by Gasteiger charge is 2.39. The van der Waals surface area contributed by atoms with Gasteiger partial charge in [-0.15, -0.1) is 5.10 Å². The van der Waals surface area contributed by atoms with Gasteiger partial charge in [-0.1, -0.05) is 17.3 Å². The normalized spacial score (nSPS) is 19.8. The Balaban J connectivity index is 1.66. The van der Waals surface area contributed by atoms with E-state index < -0.39 is 47.7 Å². The lowest BCUT2D eigenvalue weighted by Gasteiger charge is -2.42. The van der Waals surface area contributed by atoms with E-state index in [2.05, 4.69) is 15.4 Å². The summed E-state index contributed by atoms with van der Waals surface area (Å²) in [5, 5.41) is 10.9. The monoisotopic (exact) mass is 575 g/mol. The molecule has 1 N–H and O–H groups in total. The van der Waals surface area contributed by atoms with Gasteiger partial charge in [0.25, 0.3) is 0 Å². The molecule has 0 spiro atoms. The summed E-state index contributed by atoms with van der Waals surface area (Å²) in [6.45, 7) is 2.72. The molecule has 1 aliphatic heterocycles. The number of H-pyrrole nitrogens is 1. The molecule has 1 aliphatic rings. The predicted molar refractivity (Wildman–Crippen MR) is 129 cm³/mol. The number of benzene rings is 2. The first-order valence-electron chi connectivity index (χ1n) is 12.3. The number of aromatic nitrogens is 3. The van der Waals surface area contributed by atoms with Crippen LogP contribution in [0.25, 0.3) is 0 Å². The van der Waals surface area contributed by atoms with Crippen molar-refractivity contribution in [2.45, 2.75) is 50.8 Å². The van der Waals surface area contributed by atoms with E-state index in [1.807, 2.05) is 23.9 Å². The fourth-order valence-electron chi connectivity index (χ4n) is 4.53. The number of morpholine rings is 1. The molecule has 2 aromatic carbocycles. The van der Waals surface area contributed by atoms with Gasteiger partial charge >= 0.3 is 12.4 Å². The number of alkyl halides is 6. The van der Waals surface area contributed by atoms with Crippen LogP contribution in [-0.2, 0) is 34.9 Å². The Kier molecular flexibility index (Phi) is 8.83. The minimum absolute atomic E-state index is 0.0691. The molecule has 14 heteroatoms. The number of hydrogen-bond acceptors (Lipinski definition) is 6. The van der Waals surface area contributed by atoms with Gasteiger partial charge in [-0.25, -0.2) is 4.39 Å². The molecule has 2 heterocycles. The van der Waals surface area contributed by atoms with Crippen LogP contribution >= 0.6 is 0 Å². The summed E-state index contributed by atoms with van der Waals surface area (Å²) in [6.07, 6.45) is -12.3. The van der Waals surface area contributed by atoms with Crippen molar-refractivity contribution in [3.8, 4) is 0 Å². The standard InChI is InChI=1S/C26H28F7N5O2/c1-15(17-10-18(25(28,29)30)12-19(11-17)26(31,32)33)40-24-23(16-4-6-20(27)7-5-16)38(8-9-39-24)14-22-21(13-37(2)3)34-36-35-22/h4-7,10-12,15,23-24H,8-9,13-14H2,1-3H3,(H,34,35,36)/t15-,23?,24-/m1/s1. The topological polar surface area (TPSA) is 66.5 Å². The molecule has 0 aliphatic carbocycles. The van der Waals surface area contributed by atoms with Crippen molar-refractivity contribution in [2.75, 3.05) is 27.2 Å². The Morgan fingerprint density at radius 1 is 1.05 bits per heavy atom. The lowest BCUT2D eigenvalue weighted by molar-refractivity contribution is -0.231. The quantitative estimate of drug-likeness (QED) is 0.347. The van der Waals surface area contributed by atoms with E-state index in [-0.39, 0.29) is 24.8 Å². The number of halogens is 7. The summed E-state index contributed by atoms with van der Waals surface area (Å²) in [6, 6.07) is 6.20. The van der Waals surface area contributed by atoms with Gasteiger partial charge in [-0.3, -0.25) is 10.00 Å². The highest BCUT2D eigenvalue weighted by atomic mass is 19.4. The van der Waals surface area contributed by atoms with E-state index in [1.54, 1.807) is 0 Å². The van der Waals surface area contributed by atoms with Crippen molar-refractivity contribution in [3.63, 3.8) is 0 Å². The highest BCUT2D eigenvalue weighted by molar-refractivity contribution is 5.35. The average molecular weight is 576 g/mol. The second-order valence-electron chi connectivity index (χ2n) is 9.80. The maximum Gasteiger partial charge on any atom is 0.416 e. The first-order chi connectivity index (χ1) is 18.7. The first kappa shape index (κ1) is 29.9. The summed E-state index contributed by atoms with van der Waals surface area (Å²) in [5.74, 6) is -0.480. The van der Waals surface area contributed by atoms with E-state index in [9.17, 15) is 30.7 Å². The van der Waals surface area contributed by atoms with Gasteiger partial charge in [0.05, 0.1) is 35.6 Å². The molecule has 4 rings (SSSR count). The van der Waals surface area contributed by atoms with Gasteiger partial charge in [0, 0.05) is 19.6 Å². The molecule has 40 heavy (non-hydrogen) atoms. The minimum atomic E-state index is -4.99. The fourth-order valence-corrected chi connectivity index (χ4v) is 4.53. The maximum absolute atomic E-state index is 13.7. The first-order valence-corrected chi connectivity index (χ1v) is 12.3. The van der Waals surface area contributed by atoms with E-state index in [4.69, 9.17) is 9.47 Å². The van der Waals surface area contributed by atoms with E-state index in [0.717, 1.165) is 5.69 Å². The second-order valence-corrected chi connectivity index (χ2v) is 9.80. The van der Waals surface area contributed by atoms with Crippen LogP contribution in [0, 0.1) is 5.82 Å². The summed E-state index contributed by atoms with van der Waals surface area (Å²) < 4.78 is 106. The van der Waals surface area contributed by atoms with Crippen LogP contribution < -0.4 is 0 Å². The van der Waals surface area contributed by atoms with Crippen molar-refractivity contribution < 1.29 is 40.2 Å². The zero-order chi connectivity index (χ0) is 29.2. The molecular formula is C26H28F7N5O2. The summed E-state index contributed by atoms with van der Waals surface area (Å²) in [7, 11) is 3.76. The van der Waals surface area contributed by atoms with Crippen molar-refractivity contribution in [3.05, 3.63) is 81.9 Å². The molecule has 1 fully saturated rings. The SMILES string of the molecule is C[C@@H](O[C@H]1OCCN(Cc2nn[nH]c2CN(C)C)C1c1ccc(F)cc1)c1cc(C(F)(F)F)cc(C(F)(F)F)c1. The summed E-state index contributed by atoms with van der Waals surface area (Å²) in [5.41, 5.74) is -1.20. The Hall–Kier alpha value is -3.07. The lowest BCUT2D eigenvalue weighted by Crippen LogP contribution is -2.46. The lowest BCUT2D eigenvalue weighted by atomic mass is 10.0. The molecule has 218 valence electrons. The Morgan fingerprint density at radius 3 is 2.25 bits per heavy atom. The van der Waals surface area contributed by atoms with Crippen LogP contribution in [-0.4, -0.2) is 58.7 Å². The molecule has 3 aromatic rings. The number of hydrogen-bond donors (Lipinski definition) is 1. The van der Waals surface area contributed by atoms with Crippen LogP contribution in [0.2, 0.25) is 0 Å². The Bertz CT molecular complexity index is 1250. The molecule has 1 unspecified atom stereocenters. The largest absolute Gasteiger partial charge is 0.416 e. The molecule has 3 atom stereocenters. The van der Waals surface area contributed by atoms with Gasteiger partial charge in [-0.2, -0.15) is 26.3 Å². The zero-order valence-corrected chi connectivity index (χ0v) is 21.9. The molecule has 0 radical (unpaired) electrons. The van der Waals surface area contributed by atoms with Crippen molar-refractivity contribution in [1.29, 1.82) is 0 Å². The maximum atomic E-state index is 13.7. The molecule has 1 aromatic heterocycles. The van der Waals surface area contributed by atoms with Crippen molar-refractivity contribution in [2.24, 2.45) is 0 Å². The van der Waals surface area contributed by atoms with Crippen molar-refractivity contribution in [1.82, 2.24) is 25.2 Å². The van der Waals surface area contributed by atoms with Crippen molar-refractivity contribution >= 4 is 0 Å². The number of nitrogens with one attached hydrogen (secondary N) is 1. The number of ether oxygens (including phenoxy) is 2. The fraction of sp³-hybridized carbons (Fsp3) is 0.462. The van der Waals surface area contributed by atoms with E-state index >= 15 is 0 Å². The summed E-state index contributed by atoms with van der Waals surface area (Å²) >= 11 is 0. The van der Waals surface area contributed by atoms with Crippen LogP contribution in [0.3, 0.4) is 0 Å². The van der Waals surface area contributed by atoms with Gasteiger partial charge < -0.3 is 14.4 Å². The average Bonchev–Trinajstić information content (AvgIpc) is 3.29. The van der Waals surface area contributed by atoms with Gasteiger partial charge in [0.15, 0.2) is 6.29 Å². The Morgan fingerprint density at radius 2 is 1.68 bits per heavy atom. The molecular weight excluding hydrogens is 547 g/mol. The third-order valence-corrected chi connectivity index (χ3v) is 6.47. The smallest absolute Gasteiger partial charge is 0.349 e. The van der Waals surface area contributed by atoms with Crippen LogP contribution in [0.1, 0.15) is 52.7 Å². The third kappa shape index (κ3) is 7.16. The number of nitrogens with zero attached hydrogens (tertiary/aromatic N) is 4. The molecule has 0 saturated carbocycles. The summed E-state index contributed by atoms with van der Waals surface area (Å²) in [4.78, 5) is 3.87. The Labute approximate surface area is 225 Å². The molecule has 7 nitrogen and oxygen atoms in total. The van der Waals surface area contributed by atoms with E-state index in [1.165, 1.54) is 31.2 Å². The highest BCUT2D eigenvalue weighted by Crippen LogP contribution is 2.40. The van der Waals surface area contributed by atoms with Gasteiger partial charge in [0.2, 0.25) is 0 Å². The second kappa shape index (κ2) is 11.8. The number of rotatable bonds is 8. The van der Waals surface area contributed by atoms with Gasteiger partial charge in [0.1, 0.15) is 11.5 Å². The number of aromatic amines is 1. The van der Waals surface area contributed by atoms with E-state index in [0.29, 0.717) is 36.5 Å².